The molecule has 0 aromatic rings. The molecule has 0 spiro atoms. The minimum atomic E-state index is -2.73. The van der Waals surface area contributed by atoms with Gasteiger partial charge in [-0.15, -0.1) is 11.8 Å². The molecular formula is C18H30O5S2. The molecule has 1 aliphatic carbocycles. The molecule has 0 aromatic heterocycles. The lowest BCUT2D eigenvalue weighted by Gasteiger charge is -2.16. The second kappa shape index (κ2) is 12.0. The molecule has 0 radical (unpaired) electrons. The van der Waals surface area contributed by atoms with E-state index in [1.807, 2.05) is 0 Å². The van der Waals surface area contributed by atoms with Crippen LogP contribution < -0.4 is 0 Å². The molecule has 0 bridgehead atoms. The first kappa shape index (κ1) is 22.5. The van der Waals surface area contributed by atoms with Crippen LogP contribution in [0.4, 0.5) is 0 Å². The van der Waals surface area contributed by atoms with Gasteiger partial charge in [0.05, 0.1) is 5.25 Å². The zero-order valence-corrected chi connectivity index (χ0v) is 16.5. The van der Waals surface area contributed by atoms with Gasteiger partial charge in [0, 0.05) is 6.42 Å². The molecule has 2 atom stereocenters. The highest BCUT2D eigenvalue weighted by atomic mass is 32.2. The number of rotatable bonds is 13. The Bertz CT molecular complexity index is 451. The molecule has 144 valence electrons. The maximum atomic E-state index is 12.1. The zero-order chi connectivity index (χ0) is 18.7. The molecule has 25 heavy (non-hydrogen) atoms. The highest BCUT2D eigenvalue weighted by molar-refractivity contribution is 8.01. The first-order chi connectivity index (χ1) is 11.9. The fourth-order valence-corrected chi connectivity index (χ4v) is 4.98. The molecule has 5 nitrogen and oxygen atoms in total. The minimum absolute atomic E-state index is 0.00984. The van der Waals surface area contributed by atoms with Gasteiger partial charge in [0.25, 0.3) is 0 Å². The highest BCUT2D eigenvalue weighted by Gasteiger charge is 2.34. The summed E-state index contributed by atoms with van der Waals surface area (Å²) in [5.41, 5.74) is 0. The van der Waals surface area contributed by atoms with Crippen LogP contribution in [0.15, 0.2) is 12.2 Å². The van der Waals surface area contributed by atoms with Crippen LogP contribution in [-0.2, 0) is 9.59 Å². The van der Waals surface area contributed by atoms with E-state index in [2.05, 4.69) is 19.1 Å². The van der Waals surface area contributed by atoms with E-state index < -0.39 is 11.1 Å². The van der Waals surface area contributed by atoms with Crippen molar-refractivity contribution in [1.82, 2.24) is 0 Å². The fourth-order valence-electron chi connectivity index (χ4n) is 2.76. The van der Waals surface area contributed by atoms with Gasteiger partial charge in [-0.1, -0.05) is 50.1 Å². The topological polar surface area (TPSA) is 94.8 Å². The van der Waals surface area contributed by atoms with Crippen LogP contribution in [0, 0.1) is 5.92 Å². The molecule has 1 fully saturated rings. The van der Waals surface area contributed by atoms with E-state index in [1.54, 1.807) is 11.8 Å². The number of aliphatic carboxylic acids is 1. The van der Waals surface area contributed by atoms with E-state index in [0.29, 0.717) is 47.8 Å². The third kappa shape index (κ3) is 8.62. The number of hydrogen-bond donors (Lipinski definition) is 3. The number of hydrogen-bond acceptors (Lipinski definition) is 6. The van der Waals surface area contributed by atoms with E-state index >= 15 is 0 Å². The lowest BCUT2D eigenvalue weighted by Crippen LogP contribution is -2.34. The third-order valence-electron chi connectivity index (χ3n) is 4.21. The summed E-state index contributed by atoms with van der Waals surface area (Å²) in [7, 11) is 0. The van der Waals surface area contributed by atoms with Crippen LogP contribution >= 0.6 is 23.5 Å². The van der Waals surface area contributed by atoms with Crippen molar-refractivity contribution in [3.63, 3.8) is 0 Å². The first-order valence-electron chi connectivity index (χ1n) is 9.01. The lowest BCUT2D eigenvalue weighted by molar-refractivity contribution is -0.174. The van der Waals surface area contributed by atoms with Crippen LogP contribution in [0.1, 0.15) is 58.3 Å². The summed E-state index contributed by atoms with van der Waals surface area (Å²) in [4.78, 5) is 22.6. The summed E-state index contributed by atoms with van der Waals surface area (Å²) < 4.78 is 0. The molecule has 0 unspecified atom stereocenters. The van der Waals surface area contributed by atoms with Crippen molar-refractivity contribution in [3.05, 3.63) is 12.2 Å². The Hall–Kier alpha value is -0.500. The summed E-state index contributed by atoms with van der Waals surface area (Å²) in [6.07, 6.45) is 12.6. The Kier molecular flexibility index (Phi) is 10.8. The van der Waals surface area contributed by atoms with Crippen LogP contribution in [0.3, 0.4) is 0 Å². The van der Waals surface area contributed by atoms with Crippen molar-refractivity contribution in [3.8, 4) is 0 Å². The van der Waals surface area contributed by atoms with Crippen LogP contribution in [0.5, 0.6) is 0 Å². The van der Waals surface area contributed by atoms with Gasteiger partial charge >= 0.3 is 11.1 Å². The van der Waals surface area contributed by atoms with Gasteiger partial charge in [-0.05, 0) is 43.1 Å². The number of Topliss-reactive ketones (excluding diaryl/α,β-unsaturated/α-hetero) is 1. The van der Waals surface area contributed by atoms with Crippen molar-refractivity contribution in [2.45, 2.75) is 68.7 Å². The number of carboxylic acids is 1. The van der Waals surface area contributed by atoms with Gasteiger partial charge in [-0.2, -0.15) is 0 Å². The SMILES string of the molecule is CCCCCCC=C[C@H]1CCC(=O)[C@@H]1SCCCSC(O)(O)C(=O)O. The van der Waals surface area contributed by atoms with Crippen LogP contribution in [0.25, 0.3) is 0 Å². The second-order valence-corrected chi connectivity index (χ2v) is 8.87. The molecule has 0 saturated heterocycles. The molecule has 0 aliphatic heterocycles. The van der Waals surface area contributed by atoms with Crippen molar-refractivity contribution < 1.29 is 24.9 Å². The monoisotopic (exact) mass is 390 g/mol. The average molecular weight is 391 g/mol. The number of carboxylic acid groups (broad SMARTS) is 1. The molecule has 0 heterocycles. The molecular weight excluding hydrogens is 360 g/mol. The molecule has 1 saturated carbocycles. The van der Waals surface area contributed by atoms with Gasteiger partial charge in [-0.3, -0.25) is 4.79 Å². The standard InChI is InChI=1S/C18H30O5S2/c1-2-3-4-5-6-7-9-14-10-11-15(19)16(14)24-12-8-13-25-18(22,23)17(20)21/h7,9,14,16,22-23H,2-6,8,10-13H2,1H3,(H,20,21)/t14-,16+/m0/s1. The van der Waals surface area contributed by atoms with Gasteiger partial charge in [0.2, 0.25) is 0 Å². The number of carbonyl (C=O) groups excluding carboxylic acids is 1. The Morgan fingerprint density at radius 2 is 2.00 bits per heavy atom. The smallest absolute Gasteiger partial charge is 0.375 e. The Balaban J connectivity index is 2.26. The van der Waals surface area contributed by atoms with Crippen molar-refractivity contribution in [2.24, 2.45) is 5.92 Å². The number of unbranched alkanes of at least 4 members (excludes halogenated alkanes) is 4. The summed E-state index contributed by atoms with van der Waals surface area (Å²) in [5, 5.41) is 24.3. The van der Waals surface area contributed by atoms with Gasteiger partial charge < -0.3 is 15.3 Å². The molecule has 1 rings (SSSR count). The quantitative estimate of drug-likeness (QED) is 0.252. The molecule has 0 aromatic carbocycles. The van der Waals surface area contributed by atoms with E-state index in [9.17, 15) is 19.8 Å². The molecule has 1 aliphatic rings. The van der Waals surface area contributed by atoms with Crippen molar-refractivity contribution in [1.29, 1.82) is 0 Å². The number of aliphatic hydroxyl groups is 2. The van der Waals surface area contributed by atoms with Crippen LogP contribution in [-0.4, -0.2) is 48.9 Å². The van der Waals surface area contributed by atoms with E-state index in [-0.39, 0.29) is 5.25 Å². The highest BCUT2D eigenvalue weighted by Crippen LogP contribution is 2.34. The second-order valence-electron chi connectivity index (χ2n) is 6.35. The van der Waals surface area contributed by atoms with Gasteiger partial charge in [0.1, 0.15) is 5.78 Å². The first-order valence-corrected chi connectivity index (χ1v) is 11.0. The zero-order valence-electron chi connectivity index (χ0n) is 14.9. The molecule has 0 amide bonds. The van der Waals surface area contributed by atoms with E-state index in [1.165, 1.54) is 25.7 Å². The van der Waals surface area contributed by atoms with E-state index in [0.717, 1.165) is 12.8 Å². The summed E-state index contributed by atoms with van der Waals surface area (Å²) in [6.45, 7) is 2.20. The summed E-state index contributed by atoms with van der Waals surface area (Å²) in [5.74, 6) is -0.0293. The lowest BCUT2D eigenvalue weighted by atomic mass is 10.1. The Morgan fingerprint density at radius 3 is 2.68 bits per heavy atom. The Morgan fingerprint density at radius 1 is 1.24 bits per heavy atom. The van der Waals surface area contributed by atoms with Crippen molar-refractivity contribution >= 4 is 35.3 Å². The van der Waals surface area contributed by atoms with Crippen molar-refractivity contribution in [2.75, 3.05) is 11.5 Å². The van der Waals surface area contributed by atoms with Gasteiger partial charge in [-0.25, -0.2) is 4.79 Å². The predicted molar refractivity (Wildman–Crippen MR) is 104 cm³/mol. The van der Waals surface area contributed by atoms with Crippen LogP contribution in [0.2, 0.25) is 0 Å². The average Bonchev–Trinajstić information content (AvgIpc) is 2.90. The van der Waals surface area contributed by atoms with Gasteiger partial charge in [0.15, 0.2) is 0 Å². The summed E-state index contributed by atoms with van der Waals surface area (Å²) in [6, 6.07) is 0. The fraction of sp³-hybridized carbons (Fsp3) is 0.778. The largest absolute Gasteiger partial charge is 0.477 e. The third-order valence-corrected chi connectivity index (χ3v) is 6.77. The number of thioether (sulfide) groups is 2. The maximum absolute atomic E-state index is 12.1. The molecule has 7 heteroatoms. The summed E-state index contributed by atoms with van der Waals surface area (Å²) >= 11 is 2.20. The maximum Gasteiger partial charge on any atom is 0.375 e. The predicted octanol–water partition coefficient (Wildman–Crippen LogP) is 3.44. The normalized spacial score (nSPS) is 21.3. The Labute approximate surface area is 158 Å². The molecule has 3 N–H and O–H groups in total. The number of ketones is 1. The minimum Gasteiger partial charge on any atom is -0.477 e. The number of allylic oxidation sites excluding steroid dienone is 2. The van der Waals surface area contributed by atoms with E-state index in [4.69, 9.17) is 5.11 Å². The number of carbonyl (C=O) groups is 2.